The maximum atomic E-state index is 10.6. The minimum absolute atomic E-state index is 0.0921. The Bertz CT molecular complexity index is 800. The van der Waals surface area contributed by atoms with E-state index in [-0.39, 0.29) is 10.7 Å². The molecule has 20 heavy (non-hydrogen) atoms. The monoisotopic (exact) mass is 290 g/mol. The van der Waals surface area contributed by atoms with Gasteiger partial charge in [0.25, 0.3) is 5.69 Å². The summed E-state index contributed by atoms with van der Waals surface area (Å²) in [6.45, 7) is 0. The van der Waals surface area contributed by atoms with Gasteiger partial charge >= 0.3 is 0 Å². The average Bonchev–Trinajstić information content (AvgIpc) is 2.90. The van der Waals surface area contributed by atoms with Gasteiger partial charge in [-0.3, -0.25) is 10.1 Å². The van der Waals surface area contributed by atoms with E-state index in [2.05, 4.69) is 5.16 Å². The maximum Gasteiger partial charge on any atom is 0.271 e. The summed E-state index contributed by atoms with van der Waals surface area (Å²) in [5.41, 5.74) is 0.492. The Balaban J connectivity index is 1.99. The molecule has 7 heteroatoms. The fourth-order valence-electron chi connectivity index (χ4n) is 1.76. The topological polar surface area (TPSA) is 78.4 Å². The molecule has 0 atom stereocenters. The third-order valence-corrected chi connectivity index (χ3v) is 3.00. The lowest BCUT2D eigenvalue weighted by atomic mass is 10.2. The fraction of sp³-hybridized carbons (Fsp3) is 0. The molecule has 0 saturated heterocycles. The van der Waals surface area contributed by atoms with Crippen molar-refractivity contribution in [2.75, 3.05) is 0 Å². The number of ether oxygens (including phenoxy) is 1. The van der Waals surface area contributed by atoms with Crippen LogP contribution < -0.4 is 4.74 Å². The highest BCUT2D eigenvalue weighted by Gasteiger charge is 2.13. The van der Waals surface area contributed by atoms with Crippen LogP contribution in [0, 0.1) is 10.1 Å². The highest BCUT2D eigenvalue weighted by molar-refractivity contribution is 6.32. The van der Waals surface area contributed by atoms with Gasteiger partial charge in [0.1, 0.15) is 11.5 Å². The van der Waals surface area contributed by atoms with Crippen LogP contribution in [-0.4, -0.2) is 10.1 Å². The molecule has 0 radical (unpaired) electrons. The summed E-state index contributed by atoms with van der Waals surface area (Å²) in [4.78, 5) is 10.1. The van der Waals surface area contributed by atoms with E-state index >= 15 is 0 Å². The van der Waals surface area contributed by atoms with Crippen LogP contribution in [0.1, 0.15) is 0 Å². The third kappa shape index (κ3) is 2.17. The van der Waals surface area contributed by atoms with Gasteiger partial charge in [-0.1, -0.05) is 22.8 Å². The fourth-order valence-corrected chi connectivity index (χ4v) is 1.97. The number of aromatic nitrogens is 1. The van der Waals surface area contributed by atoms with Gasteiger partial charge in [0.15, 0.2) is 5.58 Å². The molecule has 0 N–H and O–H groups in total. The molecular formula is C13H7ClN2O4. The van der Waals surface area contributed by atoms with E-state index in [0.29, 0.717) is 22.5 Å². The molecule has 0 fully saturated rings. The normalized spacial score (nSPS) is 10.7. The molecule has 6 nitrogen and oxygen atoms in total. The van der Waals surface area contributed by atoms with Crippen molar-refractivity contribution in [3.63, 3.8) is 0 Å². The summed E-state index contributed by atoms with van der Waals surface area (Å²) >= 11 is 5.98. The van der Waals surface area contributed by atoms with Crippen molar-refractivity contribution < 1.29 is 14.2 Å². The molecule has 0 unspecified atom stereocenters. The number of nitro benzene ring substituents is 1. The lowest BCUT2D eigenvalue weighted by Gasteiger charge is -2.07. The average molecular weight is 291 g/mol. The van der Waals surface area contributed by atoms with Crippen molar-refractivity contribution in [1.82, 2.24) is 5.16 Å². The number of nitrogens with zero attached hydrogens (tertiary/aromatic N) is 2. The first kappa shape index (κ1) is 12.4. The molecule has 0 aliphatic heterocycles. The van der Waals surface area contributed by atoms with Crippen LogP contribution in [0.3, 0.4) is 0 Å². The lowest BCUT2D eigenvalue weighted by molar-refractivity contribution is -0.384. The number of hydrogen-bond acceptors (Lipinski definition) is 5. The molecule has 3 aromatic rings. The van der Waals surface area contributed by atoms with Gasteiger partial charge in [0, 0.05) is 12.1 Å². The molecule has 1 heterocycles. The number of non-ortho nitro benzene ring substituents is 1. The van der Waals surface area contributed by atoms with Gasteiger partial charge < -0.3 is 9.26 Å². The van der Waals surface area contributed by atoms with Crippen molar-refractivity contribution in [2.24, 2.45) is 0 Å². The van der Waals surface area contributed by atoms with Crippen LogP contribution >= 0.6 is 11.6 Å². The second kappa shape index (κ2) is 4.82. The van der Waals surface area contributed by atoms with E-state index in [1.54, 1.807) is 18.2 Å². The summed E-state index contributed by atoms with van der Waals surface area (Å²) < 4.78 is 10.7. The Morgan fingerprint density at radius 3 is 2.85 bits per heavy atom. The van der Waals surface area contributed by atoms with Gasteiger partial charge in [-0.05, 0) is 18.2 Å². The number of hydrogen-bond donors (Lipinski definition) is 0. The first-order chi connectivity index (χ1) is 9.65. The summed E-state index contributed by atoms with van der Waals surface area (Å²) in [5, 5.41) is 15.2. The number of rotatable bonds is 3. The molecule has 0 saturated carbocycles. The van der Waals surface area contributed by atoms with Crippen LogP contribution in [0.5, 0.6) is 11.5 Å². The highest BCUT2D eigenvalue weighted by atomic mass is 35.5. The highest BCUT2D eigenvalue weighted by Crippen LogP contribution is 2.35. The van der Waals surface area contributed by atoms with E-state index in [1.165, 1.54) is 24.4 Å². The second-order valence-electron chi connectivity index (χ2n) is 3.97. The predicted octanol–water partition coefficient (Wildman–Crippen LogP) is 4.18. The van der Waals surface area contributed by atoms with E-state index in [4.69, 9.17) is 20.9 Å². The van der Waals surface area contributed by atoms with Crippen LogP contribution in [0.15, 0.2) is 47.1 Å². The molecule has 0 bridgehead atoms. The van der Waals surface area contributed by atoms with Crippen LogP contribution in [-0.2, 0) is 0 Å². The van der Waals surface area contributed by atoms with Crippen molar-refractivity contribution >= 4 is 28.3 Å². The van der Waals surface area contributed by atoms with Gasteiger partial charge in [0.05, 0.1) is 21.5 Å². The molecule has 0 amide bonds. The molecule has 0 aliphatic carbocycles. The van der Waals surface area contributed by atoms with Crippen molar-refractivity contribution in [3.05, 3.63) is 57.7 Å². The zero-order valence-electron chi connectivity index (χ0n) is 9.95. The minimum atomic E-state index is -0.517. The summed E-state index contributed by atoms with van der Waals surface area (Å²) in [6.07, 6.45) is 1.53. The van der Waals surface area contributed by atoms with E-state index in [0.717, 1.165) is 0 Å². The molecular weight excluding hydrogens is 284 g/mol. The zero-order chi connectivity index (χ0) is 14.1. The number of halogens is 1. The largest absolute Gasteiger partial charge is 0.455 e. The zero-order valence-corrected chi connectivity index (χ0v) is 10.7. The molecule has 1 aromatic heterocycles. The Labute approximate surface area is 117 Å². The first-order valence-corrected chi connectivity index (χ1v) is 5.98. The summed E-state index contributed by atoms with van der Waals surface area (Å²) in [6, 6.07) is 9.26. The number of nitro groups is 1. The van der Waals surface area contributed by atoms with Crippen LogP contribution in [0.2, 0.25) is 5.02 Å². The Hall–Kier alpha value is -2.60. The van der Waals surface area contributed by atoms with E-state index in [9.17, 15) is 10.1 Å². The Kier molecular flexibility index (Phi) is 3.00. The minimum Gasteiger partial charge on any atom is -0.455 e. The van der Waals surface area contributed by atoms with Crippen LogP contribution in [0.25, 0.3) is 11.0 Å². The van der Waals surface area contributed by atoms with E-state index in [1.807, 2.05) is 0 Å². The SMILES string of the molecule is O=[N+]([O-])c1ccc(Oc2cccc3oncc23)c(Cl)c1. The molecule has 0 aliphatic rings. The standard InChI is InChI=1S/C13H7ClN2O4/c14-10-6-8(16(17)18)4-5-13(10)19-11-2-1-3-12-9(11)7-15-20-12/h1-7H. The van der Waals surface area contributed by atoms with Crippen molar-refractivity contribution in [2.45, 2.75) is 0 Å². The molecule has 2 aromatic carbocycles. The quantitative estimate of drug-likeness (QED) is 0.534. The lowest BCUT2D eigenvalue weighted by Crippen LogP contribution is -1.90. The third-order valence-electron chi connectivity index (χ3n) is 2.71. The molecule has 3 rings (SSSR count). The van der Waals surface area contributed by atoms with Gasteiger partial charge in [-0.2, -0.15) is 0 Å². The Morgan fingerprint density at radius 2 is 2.10 bits per heavy atom. The van der Waals surface area contributed by atoms with Crippen molar-refractivity contribution in [1.29, 1.82) is 0 Å². The summed E-state index contributed by atoms with van der Waals surface area (Å²) in [7, 11) is 0. The van der Waals surface area contributed by atoms with Gasteiger partial charge in [0.2, 0.25) is 0 Å². The molecule has 0 spiro atoms. The second-order valence-corrected chi connectivity index (χ2v) is 4.37. The Morgan fingerprint density at radius 1 is 1.25 bits per heavy atom. The van der Waals surface area contributed by atoms with E-state index < -0.39 is 4.92 Å². The first-order valence-electron chi connectivity index (χ1n) is 5.60. The number of fused-ring (bicyclic) bond motifs is 1. The van der Waals surface area contributed by atoms with Crippen molar-refractivity contribution in [3.8, 4) is 11.5 Å². The summed E-state index contributed by atoms with van der Waals surface area (Å²) in [5.74, 6) is 0.838. The van der Waals surface area contributed by atoms with Crippen LogP contribution in [0.4, 0.5) is 5.69 Å². The molecule has 100 valence electrons. The maximum absolute atomic E-state index is 10.6. The predicted molar refractivity (Wildman–Crippen MR) is 72.2 cm³/mol. The van der Waals surface area contributed by atoms with Gasteiger partial charge in [-0.15, -0.1) is 0 Å². The van der Waals surface area contributed by atoms with Gasteiger partial charge in [-0.25, -0.2) is 0 Å². The smallest absolute Gasteiger partial charge is 0.271 e. The number of benzene rings is 2.